The highest BCUT2D eigenvalue weighted by Gasteiger charge is 1.69. The molecular formula is C3H6N4. The van der Waals surface area contributed by atoms with E-state index in [2.05, 4.69) is 10.1 Å². The summed E-state index contributed by atoms with van der Waals surface area (Å²) in [5.41, 5.74) is 6.18. The fraction of sp³-hybridized carbons (Fsp3) is 0.333. The molecule has 0 saturated heterocycles. The topological polar surface area (TPSA) is 72.4 Å². The van der Waals surface area contributed by atoms with Gasteiger partial charge in [-0.25, -0.2) is 10.5 Å². The minimum Gasteiger partial charge on any atom is -0.287 e. The lowest BCUT2D eigenvalue weighted by atomic mass is 10.7. The van der Waals surface area contributed by atoms with E-state index in [1.807, 2.05) is 0 Å². The van der Waals surface area contributed by atoms with E-state index in [0.717, 1.165) is 6.34 Å². The van der Waals surface area contributed by atoms with Gasteiger partial charge < -0.3 is 0 Å². The molecule has 4 heteroatoms. The largest absolute Gasteiger partial charge is 0.287 e. The normalized spacial score (nSPS) is 9.29. The molecule has 0 heterocycles. The molecule has 7 heavy (non-hydrogen) atoms. The predicted molar refractivity (Wildman–Crippen MR) is 27.0 cm³/mol. The Morgan fingerprint density at radius 3 is 2.43 bits per heavy atom. The van der Waals surface area contributed by atoms with E-state index in [1.54, 1.807) is 0 Å². The molecule has 0 aliphatic heterocycles. The summed E-state index contributed by atoms with van der Waals surface area (Å²) < 4.78 is 0. The highest BCUT2D eigenvalue weighted by Crippen LogP contribution is 1.67. The lowest BCUT2D eigenvalue weighted by molar-refractivity contribution is 1.20. The molecule has 0 aromatic heterocycles. The summed E-state index contributed by atoms with van der Waals surface area (Å²) in [6.07, 6.45) is 1.02. The molecule has 0 rings (SSSR count). The van der Waals surface area contributed by atoms with Gasteiger partial charge in [-0.2, -0.15) is 0 Å². The SMILES string of the molecule is CC(=N)N=CN=N. The van der Waals surface area contributed by atoms with E-state index in [4.69, 9.17) is 10.9 Å². The minimum absolute atomic E-state index is 0.163. The maximum Gasteiger partial charge on any atom is 0.139 e. The zero-order chi connectivity index (χ0) is 5.70. The van der Waals surface area contributed by atoms with Gasteiger partial charge in [-0.15, -0.1) is 5.11 Å². The third-order valence-electron chi connectivity index (χ3n) is 0.309. The molecule has 0 aliphatic rings. The molecule has 0 radical (unpaired) electrons. The van der Waals surface area contributed by atoms with Crippen LogP contribution >= 0.6 is 0 Å². The predicted octanol–water partition coefficient (Wildman–Crippen LogP) is 1.04. The van der Waals surface area contributed by atoms with E-state index in [-0.39, 0.29) is 5.84 Å². The molecule has 38 valence electrons. The van der Waals surface area contributed by atoms with Crippen molar-refractivity contribution >= 4 is 12.2 Å². The second-order valence-corrected chi connectivity index (χ2v) is 0.959. The van der Waals surface area contributed by atoms with Gasteiger partial charge in [0.2, 0.25) is 0 Å². The lowest BCUT2D eigenvalue weighted by Crippen LogP contribution is -1.78. The Kier molecular flexibility index (Phi) is 2.67. The number of rotatable bonds is 1. The molecule has 4 nitrogen and oxygen atoms in total. The molecule has 0 fully saturated rings. The van der Waals surface area contributed by atoms with Crippen molar-refractivity contribution in [3.63, 3.8) is 0 Å². The number of hydrogen-bond acceptors (Lipinski definition) is 2. The van der Waals surface area contributed by atoms with Crippen molar-refractivity contribution in [3.8, 4) is 0 Å². The Hall–Kier alpha value is -1.06. The summed E-state index contributed by atoms with van der Waals surface area (Å²) in [6, 6.07) is 0. The first-order valence-electron chi connectivity index (χ1n) is 1.71. The maximum absolute atomic E-state index is 6.66. The number of nitrogens with zero attached hydrogens (tertiary/aromatic N) is 2. The average Bonchev–Trinajstić information content (AvgIpc) is 1.61. The first-order chi connectivity index (χ1) is 3.27. The van der Waals surface area contributed by atoms with Crippen LogP contribution in [0.5, 0.6) is 0 Å². The van der Waals surface area contributed by atoms with E-state index in [0.29, 0.717) is 0 Å². The van der Waals surface area contributed by atoms with E-state index in [9.17, 15) is 0 Å². The monoisotopic (exact) mass is 98.1 g/mol. The molecular weight excluding hydrogens is 92.1 g/mol. The maximum atomic E-state index is 6.66. The first kappa shape index (κ1) is 5.94. The van der Waals surface area contributed by atoms with Gasteiger partial charge in [-0.3, -0.25) is 5.41 Å². The lowest BCUT2D eigenvalue weighted by Gasteiger charge is -1.74. The third-order valence-corrected chi connectivity index (χ3v) is 0.309. The summed E-state index contributed by atoms with van der Waals surface area (Å²) in [7, 11) is 0. The van der Waals surface area contributed by atoms with Crippen molar-refractivity contribution < 1.29 is 0 Å². The zero-order valence-corrected chi connectivity index (χ0v) is 3.97. The third kappa shape index (κ3) is 4.94. The summed E-state index contributed by atoms with van der Waals surface area (Å²) in [5, 5.41) is 9.45. The Bertz CT molecular complexity index is 104. The van der Waals surface area contributed by atoms with Crippen molar-refractivity contribution in [2.45, 2.75) is 6.92 Å². The summed E-state index contributed by atoms with van der Waals surface area (Å²) >= 11 is 0. The fourth-order valence-electron chi connectivity index (χ4n) is 0.115. The number of aliphatic imine (C=N–C) groups is 1. The summed E-state index contributed by atoms with van der Waals surface area (Å²) in [6.45, 7) is 1.52. The second-order valence-electron chi connectivity index (χ2n) is 0.959. The number of amidine groups is 1. The summed E-state index contributed by atoms with van der Waals surface area (Å²) in [4.78, 5) is 3.35. The van der Waals surface area contributed by atoms with Gasteiger partial charge in [0.15, 0.2) is 0 Å². The van der Waals surface area contributed by atoms with Crippen LogP contribution in [0.4, 0.5) is 0 Å². The van der Waals surface area contributed by atoms with Gasteiger partial charge in [-0.05, 0) is 6.92 Å². The summed E-state index contributed by atoms with van der Waals surface area (Å²) in [5.74, 6) is 0.163. The Morgan fingerprint density at radius 1 is 1.71 bits per heavy atom. The minimum atomic E-state index is 0.163. The van der Waals surface area contributed by atoms with Crippen LogP contribution in [-0.2, 0) is 0 Å². The van der Waals surface area contributed by atoms with Crippen LogP contribution in [0.1, 0.15) is 6.92 Å². The van der Waals surface area contributed by atoms with Crippen LogP contribution in [-0.4, -0.2) is 12.2 Å². The van der Waals surface area contributed by atoms with E-state index < -0.39 is 0 Å². The van der Waals surface area contributed by atoms with Crippen molar-refractivity contribution in [1.82, 2.24) is 0 Å². The van der Waals surface area contributed by atoms with Crippen molar-refractivity contribution in [2.24, 2.45) is 10.1 Å². The molecule has 0 saturated carbocycles. The molecule has 0 aromatic rings. The van der Waals surface area contributed by atoms with E-state index in [1.165, 1.54) is 6.92 Å². The molecule has 0 atom stereocenters. The van der Waals surface area contributed by atoms with Gasteiger partial charge in [0.1, 0.15) is 12.2 Å². The zero-order valence-electron chi connectivity index (χ0n) is 3.97. The van der Waals surface area contributed by atoms with Crippen LogP contribution in [0.3, 0.4) is 0 Å². The van der Waals surface area contributed by atoms with Gasteiger partial charge >= 0.3 is 0 Å². The van der Waals surface area contributed by atoms with Crippen LogP contribution in [0.25, 0.3) is 0 Å². The van der Waals surface area contributed by atoms with Crippen molar-refractivity contribution in [3.05, 3.63) is 0 Å². The van der Waals surface area contributed by atoms with Crippen LogP contribution in [0.15, 0.2) is 10.1 Å². The fourth-order valence-corrected chi connectivity index (χ4v) is 0.115. The Labute approximate surface area is 41.3 Å². The Morgan fingerprint density at radius 2 is 2.29 bits per heavy atom. The first-order valence-corrected chi connectivity index (χ1v) is 1.71. The molecule has 0 aliphatic carbocycles. The number of hydrogen-bond donors (Lipinski definition) is 2. The highest BCUT2D eigenvalue weighted by atomic mass is 15.0. The smallest absolute Gasteiger partial charge is 0.139 e. The van der Waals surface area contributed by atoms with Crippen LogP contribution < -0.4 is 0 Å². The van der Waals surface area contributed by atoms with Gasteiger partial charge in [0, 0.05) is 0 Å². The van der Waals surface area contributed by atoms with Gasteiger partial charge in [-0.1, -0.05) is 0 Å². The molecule has 0 amide bonds. The average molecular weight is 98.1 g/mol. The number of nitrogens with one attached hydrogen (secondary N) is 2. The van der Waals surface area contributed by atoms with Crippen molar-refractivity contribution in [1.29, 1.82) is 10.9 Å². The molecule has 0 bridgehead atoms. The molecule has 0 spiro atoms. The van der Waals surface area contributed by atoms with E-state index >= 15 is 0 Å². The molecule has 0 aromatic carbocycles. The molecule has 0 unspecified atom stereocenters. The molecule has 2 N–H and O–H groups in total. The quantitative estimate of drug-likeness (QED) is 0.279. The highest BCUT2D eigenvalue weighted by molar-refractivity contribution is 5.84. The van der Waals surface area contributed by atoms with Crippen molar-refractivity contribution in [2.75, 3.05) is 0 Å². The Balaban J connectivity index is 3.46. The second kappa shape index (κ2) is 3.14. The van der Waals surface area contributed by atoms with Crippen LogP contribution in [0.2, 0.25) is 0 Å². The van der Waals surface area contributed by atoms with Gasteiger partial charge in [0.25, 0.3) is 0 Å². The standard InChI is InChI=1S/C3H6N4/c1-3(4)6-2-7-5/h2,4-5H,1H3. The van der Waals surface area contributed by atoms with Gasteiger partial charge in [0.05, 0.1) is 0 Å². The van der Waals surface area contributed by atoms with Crippen LogP contribution in [0, 0.1) is 10.9 Å².